The van der Waals surface area contributed by atoms with Crippen molar-refractivity contribution in [3.8, 4) is 0 Å². The maximum absolute atomic E-state index is 6.11. The quantitative estimate of drug-likeness (QED) is 0.840. The molecule has 1 fully saturated rings. The molecule has 2 rings (SSSR count). The standard InChI is InChI=1S/C14H22N2/c1-2-14(15)13-8-9-16(11-13)10-12-6-4-3-5-7-12/h3-7,13-14H,2,8-11,15H2,1H3/t13?,14-/m0/s1. The van der Waals surface area contributed by atoms with E-state index < -0.39 is 0 Å². The molecule has 1 heterocycles. The molecule has 1 aromatic rings. The van der Waals surface area contributed by atoms with Gasteiger partial charge in [0.2, 0.25) is 0 Å². The Balaban J connectivity index is 1.85. The average Bonchev–Trinajstić information content (AvgIpc) is 2.78. The fourth-order valence-electron chi connectivity index (χ4n) is 2.53. The second kappa shape index (κ2) is 5.46. The van der Waals surface area contributed by atoms with Crippen LogP contribution in [0.15, 0.2) is 30.3 Å². The molecule has 1 aliphatic rings. The van der Waals surface area contributed by atoms with E-state index in [-0.39, 0.29) is 0 Å². The Morgan fingerprint density at radius 1 is 1.38 bits per heavy atom. The van der Waals surface area contributed by atoms with Crippen molar-refractivity contribution >= 4 is 0 Å². The first-order chi connectivity index (χ1) is 7.79. The van der Waals surface area contributed by atoms with E-state index in [0.29, 0.717) is 12.0 Å². The number of benzene rings is 1. The minimum Gasteiger partial charge on any atom is -0.327 e. The van der Waals surface area contributed by atoms with Gasteiger partial charge in [-0.05, 0) is 30.9 Å². The number of hydrogen-bond acceptors (Lipinski definition) is 2. The van der Waals surface area contributed by atoms with Gasteiger partial charge in [0, 0.05) is 19.1 Å². The number of nitrogens with two attached hydrogens (primary N) is 1. The fourth-order valence-corrected chi connectivity index (χ4v) is 2.53. The second-order valence-corrected chi connectivity index (χ2v) is 4.84. The molecule has 1 aliphatic heterocycles. The van der Waals surface area contributed by atoms with Gasteiger partial charge >= 0.3 is 0 Å². The van der Waals surface area contributed by atoms with E-state index in [1.807, 2.05) is 0 Å². The molecule has 1 unspecified atom stereocenters. The van der Waals surface area contributed by atoms with E-state index in [9.17, 15) is 0 Å². The van der Waals surface area contributed by atoms with Gasteiger partial charge in [0.1, 0.15) is 0 Å². The summed E-state index contributed by atoms with van der Waals surface area (Å²) in [7, 11) is 0. The van der Waals surface area contributed by atoms with Crippen LogP contribution in [0.3, 0.4) is 0 Å². The molecule has 0 aliphatic carbocycles. The minimum atomic E-state index is 0.390. The molecule has 0 aromatic heterocycles. The molecule has 2 N–H and O–H groups in total. The summed E-state index contributed by atoms with van der Waals surface area (Å²) >= 11 is 0. The molecular weight excluding hydrogens is 196 g/mol. The Hall–Kier alpha value is -0.860. The summed E-state index contributed by atoms with van der Waals surface area (Å²) in [5.41, 5.74) is 7.52. The molecule has 0 amide bonds. The monoisotopic (exact) mass is 218 g/mol. The molecular formula is C14H22N2. The first-order valence-electron chi connectivity index (χ1n) is 6.31. The summed E-state index contributed by atoms with van der Waals surface area (Å²) in [5.74, 6) is 0.703. The van der Waals surface area contributed by atoms with Gasteiger partial charge < -0.3 is 5.73 Å². The van der Waals surface area contributed by atoms with E-state index in [0.717, 1.165) is 13.0 Å². The topological polar surface area (TPSA) is 29.3 Å². The van der Waals surface area contributed by atoms with Gasteiger partial charge in [0.25, 0.3) is 0 Å². The SMILES string of the molecule is CC[C@H](N)C1CCN(Cc2ccccc2)C1. The van der Waals surface area contributed by atoms with Crippen molar-refractivity contribution in [2.75, 3.05) is 13.1 Å². The maximum Gasteiger partial charge on any atom is 0.0233 e. The number of likely N-dealkylation sites (tertiary alicyclic amines) is 1. The van der Waals surface area contributed by atoms with Crippen molar-refractivity contribution in [1.82, 2.24) is 4.90 Å². The Kier molecular flexibility index (Phi) is 3.97. The van der Waals surface area contributed by atoms with Crippen molar-refractivity contribution in [2.24, 2.45) is 11.7 Å². The Labute approximate surface area is 98.4 Å². The molecule has 2 nitrogen and oxygen atoms in total. The predicted molar refractivity (Wildman–Crippen MR) is 68.1 cm³/mol. The van der Waals surface area contributed by atoms with Crippen LogP contribution in [0.1, 0.15) is 25.3 Å². The van der Waals surface area contributed by atoms with Crippen LogP contribution in [0.2, 0.25) is 0 Å². The lowest BCUT2D eigenvalue weighted by Crippen LogP contribution is -2.31. The minimum absolute atomic E-state index is 0.390. The first kappa shape index (κ1) is 11.6. The van der Waals surface area contributed by atoms with E-state index in [4.69, 9.17) is 5.73 Å². The third kappa shape index (κ3) is 2.83. The van der Waals surface area contributed by atoms with Crippen LogP contribution in [0.4, 0.5) is 0 Å². The predicted octanol–water partition coefficient (Wildman–Crippen LogP) is 2.25. The van der Waals surface area contributed by atoms with Gasteiger partial charge in [-0.3, -0.25) is 4.90 Å². The summed E-state index contributed by atoms with van der Waals surface area (Å²) in [4.78, 5) is 2.52. The molecule has 1 saturated heterocycles. The molecule has 88 valence electrons. The Bertz CT molecular complexity index is 310. The highest BCUT2D eigenvalue weighted by Gasteiger charge is 2.26. The van der Waals surface area contributed by atoms with Gasteiger partial charge in [-0.1, -0.05) is 37.3 Å². The van der Waals surface area contributed by atoms with Gasteiger partial charge in [-0.2, -0.15) is 0 Å². The van der Waals surface area contributed by atoms with Crippen molar-refractivity contribution < 1.29 is 0 Å². The lowest BCUT2D eigenvalue weighted by Gasteiger charge is -2.19. The lowest BCUT2D eigenvalue weighted by atomic mass is 9.98. The zero-order valence-electron chi connectivity index (χ0n) is 10.1. The zero-order valence-corrected chi connectivity index (χ0v) is 10.1. The molecule has 2 heteroatoms. The highest BCUT2D eigenvalue weighted by Crippen LogP contribution is 2.21. The lowest BCUT2D eigenvalue weighted by molar-refractivity contribution is 0.304. The van der Waals surface area contributed by atoms with Gasteiger partial charge in [0.15, 0.2) is 0 Å². The second-order valence-electron chi connectivity index (χ2n) is 4.84. The highest BCUT2D eigenvalue weighted by atomic mass is 15.1. The fraction of sp³-hybridized carbons (Fsp3) is 0.571. The smallest absolute Gasteiger partial charge is 0.0233 e. The van der Waals surface area contributed by atoms with E-state index in [1.54, 1.807) is 0 Å². The van der Waals surface area contributed by atoms with Gasteiger partial charge in [-0.15, -0.1) is 0 Å². The molecule has 0 radical (unpaired) electrons. The van der Waals surface area contributed by atoms with Crippen LogP contribution in [0.5, 0.6) is 0 Å². The highest BCUT2D eigenvalue weighted by molar-refractivity contribution is 5.14. The molecule has 16 heavy (non-hydrogen) atoms. The largest absolute Gasteiger partial charge is 0.327 e. The van der Waals surface area contributed by atoms with Crippen LogP contribution in [-0.4, -0.2) is 24.0 Å². The molecule has 0 spiro atoms. The summed E-state index contributed by atoms with van der Waals surface area (Å²) in [5, 5.41) is 0. The van der Waals surface area contributed by atoms with Crippen molar-refractivity contribution in [3.63, 3.8) is 0 Å². The van der Waals surface area contributed by atoms with Crippen LogP contribution >= 0.6 is 0 Å². The van der Waals surface area contributed by atoms with Gasteiger partial charge in [0.05, 0.1) is 0 Å². The van der Waals surface area contributed by atoms with E-state index in [2.05, 4.69) is 42.2 Å². The first-order valence-corrected chi connectivity index (χ1v) is 6.31. The maximum atomic E-state index is 6.11. The van der Waals surface area contributed by atoms with Crippen LogP contribution in [0.25, 0.3) is 0 Å². The third-order valence-electron chi connectivity index (χ3n) is 3.63. The molecule has 1 aromatic carbocycles. The number of rotatable bonds is 4. The summed E-state index contributed by atoms with van der Waals surface area (Å²) < 4.78 is 0. The number of hydrogen-bond donors (Lipinski definition) is 1. The Morgan fingerprint density at radius 2 is 2.12 bits per heavy atom. The molecule has 2 atom stereocenters. The van der Waals surface area contributed by atoms with E-state index >= 15 is 0 Å². The van der Waals surface area contributed by atoms with Crippen LogP contribution in [-0.2, 0) is 6.54 Å². The van der Waals surface area contributed by atoms with Crippen LogP contribution in [0, 0.1) is 5.92 Å². The van der Waals surface area contributed by atoms with E-state index in [1.165, 1.54) is 25.1 Å². The molecule has 0 saturated carbocycles. The zero-order chi connectivity index (χ0) is 11.4. The normalized spacial score (nSPS) is 23.5. The average molecular weight is 218 g/mol. The molecule has 0 bridgehead atoms. The van der Waals surface area contributed by atoms with Gasteiger partial charge in [-0.25, -0.2) is 0 Å². The Morgan fingerprint density at radius 3 is 2.81 bits per heavy atom. The third-order valence-corrected chi connectivity index (χ3v) is 3.63. The van der Waals surface area contributed by atoms with Crippen LogP contribution < -0.4 is 5.73 Å². The van der Waals surface area contributed by atoms with Crippen molar-refractivity contribution in [2.45, 2.75) is 32.4 Å². The summed E-state index contributed by atoms with van der Waals surface area (Å²) in [6.45, 7) is 5.63. The summed E-state index contributed by atoms with van der Waals surface area (Å²) in [6, 6.07) is 11.1. The van der Waals surface area contributed by atoms with Crippen molar-refractivity contribution in [1.29, 1.82) is 0 Å². The number of nitrogens with zero attached hydrogens (tertiary/aromatic N) is 1. The van der Waals surface area contributed by atoms with Crippen molar-refractivity contribution in [3.05, 3.63) is 35.9 Å². The summed E-state index contributed by atoms with van der Waals surface area (Å²) in [6.07, 6.45) is 2.37.